The van der Waals surface area contributed by atoms with Gasteiger partial charge in [0, 0.05) is 6.54 Å². The summed E-state index contributed by atoms with van der Waals surface area (Å²) >= 11 is 0. The summed E-state index contributed by atoms with van der Waals surface area (Å²) in [6.45, 7) is 2.66. The van der Waals surface area contributed by atoms with Crippen LogP contribution in [0.2, 0.25) is 0 Å². The summed E-state index contributed by atoms with van der Waals surface area (Å²) in [4.78, 5) is 0. The fourth-order valence-corrected chi connectivity index (χ4v) is 0.119. The molecule has 0 rings (SSSR count). The van der Waals surface area contributed by atoms with E-state index < -0.39 is 0 Å². The van der Waals surface area contributed by atoms with E-state index in [1.165, 1.54) is 0 Å². The maximum Gasteiger partial charge on any atom is 0.111 e. The molecule has 0 unspecified atom stereocenters. The van der Waals surface area contributed by atoms with E-state index in [4.69, 9.17) is 5.41 Å². The van der Waals surface area contributed by atoms with Crippen molar-refractivity contribution >= 4 is 6.01 Å². The monoisotopic (exact) mass is 85.1 g/mol. The van der Waals surface area contributed by atoms with Gasteiger partial charge in [-0.2, -0.15) is 0 Å². The van der Waals surface area contributed by atoms with Crippen LogP contribution in [0.5, 0.6) is 0 Å². The Balaban J connectivity index is 2.86. The molecule has 0 amide bonds. The fourth-order valence-electron chi connectivity index (χ4n) is 0.119. The molecule has 0 aromatic heterocycles. The fraction of sp³-hybridized carbons (Fsp3) is 0.667. The smallest absolute Gasteiger partial charge is 0.111 e. The van der Waals surface area contributed by atoms with Crippen molar-refractivity contribution in [3.05, 3.63) is 0 Å². The van der Waals surface area contributed by atoms with Gasteiger partial charge in [-0.15, -0.1) is 5.10 Å². The van der Waals surface area contributed by atoms with E-state index in [0.717, 1.165) is 6.54 Å². The van der Waals surface area contributed by atoms with Gasteiger partial charge in [0.25, 0.3) is 0 Å². The first-order valence-electron chi connectivity index (χ1n) is 1.76. The highest BCUT2D eigenvalue weighted by atomic mass is 15.3. The Morgan fingerprint density at radius 3 is 2.83 bits per heavy atom. The first-order valence-corrected chi connectivity index (χ1v) is 1.76. The van der Waals surface area contributed by atoms with Gasteiger partial charge < -0.3 is 5.43 Å². The van der Waals surface area contributed by atoms with E-state index in [2.05, 4.69) is 10.5 Å². The van der Waals surface area contributed by atoms with Gasteiger partial charge in [0.15, 0.2) is 0 Å². The van der Waals surface area contributed by atoms with Crippen LogP contribution in [0.4, 0.5) is 0 Å². The number of nitrogens with one attached hydrogen (secondary N) is 2. The Morgan fingerprint density at radius 1 is 2.00 bits per heavy atom. The molecule has 0 fully saturated rings. The highest BCUT2D eigenvalue weighted by Gasteiger charge is 1.57. The molecule has 3 heteroatoms. The second-order valence-corrected chi connectivity index (χ2v) is 0.735. The summed E-state index contributed by atoms with van der Waals surface area (Å²) in [7, 11) is 0. The predicted octanol–water partition coefficient (Wildman–Crippen LogP) is 0.264. The average Bonchev–Trinajstić information content (AvgIpc) is 1.61. The van der Waals surface area contributed by atoms with Gasteiger partial charge in [-0.05, 0) is 6.92 Å². The molecule has 0 aromatic carbocycles. The lowest BCUT2D eigenvalue weighted by Gasteiger charge is -1.81. The van der Waals surface area contributed by atoms with Crippen molar-refractivity contribution in [3.63, 3.8) is 0 Å². The Kier molecular flexibility index (Phi) is 3.61. The largest absolute Gasteiger partial charge is 0.301 e. The maximum absolute atomic E-state index is 6.23. The Labute approximate surface area is 36.6 Å². The number of rotatable bonds is 2. The van der Waals surface area contributed by atoms with E-state index >= 15 is 0 Å². The molecule has 0 aromatic rings. The topological polar surface area (TPSA) is 48.2 Å². The summed E-state index contributed by atoms with van der Waals surface area (Å²) in [6, 6.07) is 1.83. The van der Waals surface area contributed by atoms with Gasteiger partial charge >= 0.3 is 0 Å². The number of hydrogen-bond donors (Lipinski definition) is 2. The van der Waals surface area contributed by atoms with Crippen LogP contribution in [0.1, 0.15) is 6.92 Å². The van der Waals surface area contributed by atoms with Crippen LogP contribution in [0.15, 0.2) is 5.10 Å². The molecule has 34 valence electrons. The summed E-state index contributed by atoms with van der Waals surface area (Å²) < 4.78 is 0. The average molecular weight is 85.1 g/mol. The second-order valence-electron chi connectivity index (χ2n) is 0.735. The molecular formula is C3H7N3. The molecule has 3 nitrogen and oxygen atoms in total. The molecule has 2 N–H and O–H groups in total. The second kappa shape index (κ2) is 4.18. The lowest BCUT2D eigenvalue weighted by Crippen LogP contribution is -2.00. The van der Waals surface area contributed by atoms with Gasteiger partial charge in [0.2, 0.25) is 0 Å². The highest BCUT2D eigenvalue weighted by molar-refractivity contribution is 5.34. The maximum atomic E-state index is 6.23. The van der Waals surface area contributed by atoms with Crippen LogP contribution in [0, 0.1) is 5.41 Å². The molecule has 0 aliphatic carbocycles. The third kappa shape index (κ3) is 3.18. The van der Waals surface area contributed by atoms with Crippen LogP contribution < -0.4 is 5.43 Å². The van der Waals surface area contributed by atoms with Gasteiger partial charge in [-0.3, -0.25) is 0 Å². The predicted molar refractivity (Wildman–Crippen MR) is 23.8 cm³/mol. The number of hydrogen-bond acceptors (Lipinski definition) is 3. The van der Waals surface area contributed by atoms with E-state index in [9.17, 15) is 0 Å². The molecule has 6 heavy (non-hydrogen) atoms. The molecule has 0 radical (unpaired) electrons. The normalized spacial score (nSPS) is 6.17. The van der Waals surface area contributed by atoms with Crippen LogP contribution in [0.3, 0.4) is 0 Å². The first kappa shape index (κ1) is 5.18. The summed E-state index contributed by atoms with van der Waals surface area (Å²) in [5, 5.41) is 9.48. The van der Waals surface area contributed by atoms with Crippen LogP contribution in [-0.2, 0) is 0 Å². The van der Waals surface area contributed by atoms with Crippen LogP contribution in [0.25, 0.3) is 0 Å². The molecule has 0 atom stereocenters. The number of hydrazone groups is 1. The number of nitrogens with zero attached hydrogens (tertiary/aromatic N) is 1. The Morgan fingerprint density at radius 2 is 2.67 bits per heavy atom. The van der Waals surface area contributed by atoms with Gasteiger partial charge in [-0.1, -0.05) is 0 Å². The van der Waals surface area contributed by atoms with Crippen LogP contribution in [-0.4, -0.2) is 12.6 Å². The Bertz CT molecular complexity index is 62.4. The molecule has 0 saturated carbocycles. The van der Waals surface area contributed by atoms with Crippen LogP contribution >= 0.6 is 0 Å². The molecule has 0 bridgehead atoms. The van der Waals surface area contributed by atoms with Gasteiger partial charge in [-0.25, -0.2) is 5.41 Å². The third-order valence-electron chi connectivity index (χ3n) is 0.293. The first-order chi connectivity index (χ1) is 2.91. The molecular weight excluding hydrogens is 78.1 g/mol. The van der Waals surface area contributed by atoms with E-state index in [0.29, 0.717) is 0 Å². The zero-order valence-electron chi connectivity index (χ0n) is 3.65. The lowest BCUT2D eigenvalue weighted by atomic mass is 10.8. The van der Waals surface area contributed by atoms with Gasteiger partial charge in [0.1, 0.15) is 6.01 Å². The zero-order valence-corrected chi connectivity index (χ0v) is 3.65. The molecule has 0 heterocycles. The van der Waals surface area contributed by atoms with Crippen molar-refractivity contribution < 1.29 is 0 Å². The standard InChI is InChI=1S/C3H7N3/c1-2-5-6-3-4/h4-5H,2H2,1H3. The van der Waals surface area contributed by atoms with Crippen molar-refractivity contribution in [1.82, 2.24) is 5.43 Å². The minimum atomic E-state index is 0.756. The third-order valence-corrected chi connectivity index (χ3v) is 0.293. The summed E-state index contributed by atoms with van der Waals surface area (Å²) in [5.41, 5.74) is 2.52. The van der Waals surface area contributed by atoms with E-state index in [-0.39, 0.29) is 0 Å². The highest BCUT2D eigenvalue weighted by Crippen LogP contribution is 1.47. The lowest BCUT2D eigenvalue weighted by molar-refractivity contribution is 0.787. The Hall–Kier alpha value is -0.820. The minimum Gasteiger partial charge on any atom is -0.301 e. The molecule has 0 spiro atoms. The summed E-state index contributed by atoms with van der Waals surface area (Å²) in [5.74, 6) is 0. The SMILES string of the molecule is CCNN=C=N. The van der Waals surface area contributed by atoms with Crippen molar-refractivity contribution in [3.8, 4) is 0 Å². The van der Waals surface area contributed by atoms with E-state index in [1.54, 1.807) is 0 Å². The van der Waals surface area contributed by atoms with Crippen molar-refractivity contribution in [2.45, 2.75) is 6.92 Å². The molecule has 0 aliphatic rings. The quantitative estimate of drug-likeness (QED) is 0.367. The van der Waals surface area contributed by atoms with Crippen molar-refractivity contribution in [1.29, 1.82) is 5.41 Å². The zero-order chi connectivity index (χ0) is 4.83. The van der Waals surface area contributed by atoms with Crippen molar-refractivity contribution in [2.24, 2.45) is 5.10 Å². The molecule has 0 aliphatic heterocycles. The van der Waals surface area contributed by atoms with Gasteiger partial charge in [0.05, 0.1) is 0 Å². The molecule has 0 saturated heterocycles. The van der Waals surface area contributed by atoms with Crippen molar-refractivity contribution in [2.75, 3.05) is 6.54 Å². The minimum absolute atomic E-state index is 0.756. The van der Waals surface area contributed by atoms with E-state index in [1.807, 2.05) is 12.9 Å². The summed E-state index contributed by atoms with van der Waals surface area (Å²) in [6.07, 6.45) is 0.